The van der Waals surface area contributed by atoms with Gasteiger partial charge in [-0.15, -0.1) is 0 Å². The molecule has 1 saturated carbocycles. The van der Waals surface area contributed by atoms with Crippen molar-refractivity contribution >= 4 is 15.9 Å². The van der Waals surface area contributed by atoms with Gasteiger partial charge in [0.25, 0.3) is 0 Å². The van der Waals surface area contributed by atoms with E-state index in [1.807, 2.05) is 12.1 Å². The van der Waals surface area contributed by atoms with Crippen LogP contribution in [-0.4, -0.2) is 18.4 Å². The summed E-state index contributed by atoms with van der Waals surface area (Å²) in [5.74, 6) is 1.43. The average molecular weight is 288 g/mol. The van der Waals surface area contributed by atoms with Gasteiger partial charge >= 0.3 is 0 Å². The molecular formula is C11H14BrNO3. The van der Waals surface area contributed by atoms with Crippen molar-refractivity contribution in [2.24, 2.45) is 0 Å². The highest BCUT2D eigenvalue weighted by Gasteiger charge is 2.26. The van der Waals surface area contributed by atoms with E-state index in [0.717, 1.165) is 28.6 Å². The molecule has 2 rings (SSSR count). The van der Waals surface area contributed by atoms with Gasteiger partial charge < -0.3 is 14.7 Å². The Morgan fingerprint density at radius 3 is 2.81 bits per heavy atom. The van der Waals surface area contributed by atoms with Gasteiger partial charge in [0.2, 0.25) is 0 Å². The van der Waals surface area contributed by atoms with Gasteiger partial charge in [-0.3, -0.25) is 0 Å². The van der Waals surface area contributed by atoms with Crippen LogP contribution in [0.2, 0.25) is 0 Å². The summed E-state index contributed by atoms with van der Waals surface area (Å²) >= 11 is 3.45. The fraction of sp³-hybridized carbons (Fsp3) is 0.455. The minimum Gasteiger partial charge on any atom is -0.493 e. The third-order valence-corrected chi connectivity index (χ3v) is 2.97. The highest BCUT2D eigenvalue weighted by molar-refractivity contribution is 9.10. The van der Waals surface area contributed by atoms with Crippen LogP contribution >= 0.6 is 15.9 Å². The first kappa shape index (κ1) is 11.7. The molecule has 1 aromatic carbocycles. The van der Waals surface area contributed by atoms with E-state index in [0.29, 0.717) is 18.4 Å². The molecule has 5 heteroatoms. The van der Waals surface area contributed by atoms with Crippen LogP contribution < -0.4 is 15.0 Å². The Balaban J connectivity index is 2.26. The summed E-state index contributed by atoms with van der Waals surface area (Å²) in [5.41, 5.74) is 3.04. The van der Waals surface area contributed by atoms with Gasteiger partial charge in [0.15, 0.2) is 11.5 Å². The van der Waals surface area contributed by atoms with Crippen molar-refractivity contribution in [1.29, 1.82) is 0 Å². The molecule has 1 aliphatic rings. The molecule has 0 spiro atoms. The number of hydrogen-bond acceptors (Lipinski definition) is 4. The zero-order chi connectivity index (χ0) is 11.5. The molecule has 16 heavy (non-hydrogen) atoms. The monoisotopic (exact) mass is 287 g/mol. The van der Waals surface area contributed by atoms with E-state index < -0.39 is 0 Å². The molecule has 0 saturated heterocycles. The first-order chi connectivity index (χ1) is 7.74. The molecule has 1 fully saturated rings. The molecule has 0 atom stereocenters. The lowest BCUT2D eigenvalue weighted by atomic mass is 10.2. The summed E-state index contributed by atoms with van der Waals surface area (Å²) in [5, 5.41) is 8.66. The number of benzene rings is 1. The number of hydrogen-bond donors (Lipinski definition) is 2. The Kier molecular flexibility index (Phi) is 3.68. The minimum absolute atomic E-state index is 0.326. The van der Waals surface area contributed by atoms with Crippen LogP contribution in [0, 0.1) is 0 Å². The summed E-state index contributed by atoms with van der Waals surface area (Å²) in [6.07, 6.45) is 2.54. The van der Waals surface area contributed by atoms with E-state index in [-0.39, 0.29) is 0 Å². The van der Waals surface area contributed by atoms with Gasteiger partial charge in [0, 0.05) is 6.54 Å². The summed E-state index contributed by atoms with van der Waals surface area (Å²) in [6, 6.07) is 3.76. The Morgan fingerprint density at radius 1 is 1.50 bits per heavy atom. The molecule has 1 aromatic rings. The molecule has 0 heterocycles. The van der Waals surface area contributed by atoms with Crippen molar-refractivity contribution in [1.82, 2.24) is 5.48 Å². The fourth-order valence-corrected chi connectivity index (χ4v) is 2.02. The third kappa shape index (κ3) is 2.66. The largest absolute Gasteiger partial charge is 0.493 e. The van der Waals surface area contributed by atoms with Crippen molar-refractivity contribution in [3.05, 3.63) is 22.2 Å². The normalized spacial score (nSPS) is 14.9. The Morgan fingerprint density at radius 2 is 2.25 bits per heavy atom. The van der Waals surface area contributed by atoms with Crippen molar-refractivity contribution in [2.45, 2.75) is 25.5 Å². The molecular weight excluding hydrogens is 274 g/mol. The molecule has 0 aromatic heterocycles. The van der Waals surface area contributed by atoms with Crippen LogP contribution in [0.4, 0.5) is 0 Å². The molecule has 4 nitrogen and oxygen atoms in total. The lowest BCUT2D eigenvalue weighted by Gasteiger charge is -2.13. The first-order valence-corrected chi connectivity index (χ1v) is 5.94. The zero-order valence-electron chi connectivity index (χ0n) is 9.00. The smallest absolute Gasteiger partial charge is 0.175 e. The van der Waals surface area contributed by atoms with E-state index in [1.54, 1.807) is 7.11 Å². The van der Waals surface area contributed by atoms with Gasteiger partial charge in [-0.25, -0.2) is 5.48 Å². The summed E-state index contributed by atoms with van der Waals surface area (Å²) in [6.45, 7) is 0.374. The first-order valence-electron chi connectivity index (χ1n) is 5.14. The molecule has 88 valence electrons. The van der Waals surface area contributed by atoms with E-state index in [4.69, 9.17) is 14.7 Å². The van der Waals surface area contributed by atoms with Crippen LogP contribution in [0.3, 0.4) is 0 Å². The summed E-state index contributed by atoms with van der Waals surface area (Å²) in [4.78, 5) is 0. The quantitative estimate of drug-likeness (QED) is 0.817. The second-order valence-electron chi connectivity index (χ2n) is 3.76. The lowest BCUT2D eigenvalue weighted by molar-refractivity contribution is 0.161. The van der Waals surface area contributed by atoms with E-state index >= 15 is 0 Å². The number of methoxy groups -OCH3 is 1. The van der Waals surface area contributed by atoms with Gasteiger partial charge in [-0.1, -0.05) is 0 Å². The van der Waals surface area contributed by atoms with Gasteiger partial charge in [-0.2, -0.15) is 0 Å². The predicted molar refractivity (Wildman–Crippen MR) is 63.0 cm³/mol. The molecule has 0 unspecified atom stereocenters. The second-order valence-corrected chi connectivity index (χ2v) is 4.62. The molecule has 0 aliphatic heterocycles. The minimum atomic E-state index is 0.326. The van der Waals surface area contributed by atoms with Crippen molar-refractivity contribution < 1.29 is 14.7 Å². The van der Waals surface area contributed by atoms with Crippen molar-refractivity contribution in [3.8, 4) is 11.5 Å². The number of ether oxygens (including phenoxy) is 2. The predicted octanol–water partition coefficient (Wildman–Crippen LogP) is 2.48. The topological polar surface area (TPSA) is 50.7 Å². The van der Waals surface area contributed by atoms with Gasteiger partial charge in [-0.05, 0) is 46.5 Å². The summed E-state index contributed by atoms with van der Waals surface area (Å²) in [7, 11) is 1.61. The maximum Gasteiger partial charge on any atom is 0.175 e. The van der Waals surface area contributed by atoms with Crippen LogP contribution in [0.25, 0.3) is 0 Å². The van der Waals surface area contributed by atoms with Crippen LogP contribution in [0.15, 0.2) is 16.6 Å². The molecule has 1 aliphatic carbocycles. The highest BCUT2D eigenvalue weighted by Crippen LogP contribution is 2.40. The van der Waals surface area contributed by atoms with Crippen LogP contribution in [0.1, 0.15) is 18.4 Å². The van der Waals surface area contributed by atoms with E-state index in [2.05, 4.69) is 21.4 Å². The maximum atomic E-state index is 8.66. The molecule has 2 N–H and O–H groups in total. The SMILES string of the molecule is COc1cc(CNO)cc(Br)c1OC1CC1. The maximum absolute atomic E-state index is 8.66. The van der Waals surface area contributed by atoms with Gasteiger partial charge in [0.1, 0.15) is 0 Å². The fourth-order valence-electron chi connectivity index (χ4n) is 1.43. The standard InChI is InChI=1S/C11H14BrNO3/c1-15-10-5-7(6-13-14)4-9(12)11(10)16-8-2-3-8/h4-5,8,13-14H,2-3,6H2,1H3. The van der Waals surface area contributed by atoms with Crippen molar-refractivity contribution in [2.75, 3.05) is 7.11 Å². The Labute approximate surface area is 103 Å². The average Bonchev–Trinajstić information content (AvgIpc) is 3.06. The van der Waals surface area contributed by atoms with Crippen molar-refractivity contribution in [3.63, 3.8) is 0 Å². The number of nitrogens with one attached hydrogen (secondary N) is 1. The van der Waals surface area contributed by atoms with Gasteiger partial charge in [0.05, 0.1) is 17.7 Å². The second kappa shape index (κ2) is 5.03. The third-order valence-electron chi connectivity index (χ3n) is 2.38. The van der Waals surface area contributed by atoms with E-state index in [1.165, 1.54) is 0 Å². The number of halogens is 1. The summed E-state index contributed by atoms with van der Waals surface area (Å²) < 4.78 is 11.9. The Hall–Kier alpha value is -0.780. The number of hydroxylamine groups is 1. The molecule has 0 amide bonds. The molecule has 0 radical (unpaired) electrons. The Bertz CT molecular complexity index is 380. The number of rotatable bonds is 5. The lowest BCUT2D eigenvalue weighted by Crippen LogP contribution is -2.07. The zero-order valence-corrected chi connectivity index (χ0v) is 10.6. The van der Waals surface area contributed by atoms with Crippen LogP contribution in [-0.2, 0) is 6.54 Å². The molecule has 0 bridgehead atoms. The van der Waals surface area contributed by atoms with E-state index in [9.17, 15) is 0 Å². The van der Waals surface area contributed by atoms with Crippen LogP contribution in [0.5, 0.6) is 11.5 Å². The highest BCUT2D eigenvalue weighted by atomic mass is 79.9.